The number of aromatic nitrogens is 4. The molecule has 10 rings (SSSR count). The normalized spacial score (nSPS) is 11.5. The molecule has 0 aliphatic rings. The van der Waals surface area contributed by atoms with Gasteiger partial charge in [-0.25, -0.2) is 15.0 Å². The third-order valence-corrected chi connectivity index (χ3v) is 9.64. The van der Waals surface area contributed by atoms with Gasteiger partial charge in [0.15, 0.2) is 5.82 Å². The number of hydrogen-bond donors (Lipinski definition) is 0. The number of pyridine rings is 1. The first-order valence-corrected chi connectivity index (χ1v) is 17.3. The molecule has 0 bridgehead atoms. The molecular weight excluding hydrogens is 637 g/mol. The van der Waals surface area contributed by atoms with Crippen molar-refractivity contribution < 1.29 is 4.42 Å². The average molecular weight is 667 g/mol. The van der Waals surface area contributed by atoms with Gasteiger partial charge in [0.2, 0.25) is 0 Å². The van der Waals surface area contributed by atoms with E-state index in [1.54, 1.807) is 0 Å². The first-order valence-electron chi connectivity index (χ1n) is 17.3. The Labute approximate surface area is 300 Å². The Morgan fingerprint density at radius 1 is 0.365 bits per heavy atom. The molecule has 0 aliphatic carbocycles. The molecular formula is C47H30N4O. The summed E-state index contributed by atoms with van der Waals surface area (Å²) in [7, 11) is 0. The van der Waals surface area contributed by atoms with E-state index >= 15 is 0 Å². The topological polar surface area (TPSA) is 56.2 Å². The van der Waals surface area contributed by atoms with Crippen LogP contribution in [0.4, 0.5) is 0 Å². The Morgan fingerprint density at radius 3 is 1.73 bits per heavy atom. The third-order valence-electron chi connectivity index (χ3n) is 9.64. The third kappa shape index (κ3) is 5.42. The summed E-state index contributed by atoms with van der Waals surface area (Å²) in [5.41, 5.74) is 13.8. The Hall–Kier alpha value is -7.11. The summed E-state index contributed by atoms with van der Waals surface area (Å²) in [6, 6.07) is 58.7. The molecule has 0 unspecified atom stereocenters. The second-order valence-electron chi connectivity index (χ2n) is 13.0. The summed E-state index contributed by atoms with van der Waals surface area (Å²) in [4.78, 5) is 15.1. The van der Waals surface area contributed by atoms with Crippen molar-refractivity contribution in [3.05, 3.63) is 182 Å². The van der Waals surface area contributed by atoms with E-state index in [1.165, 1.54) is 0 Å². The fourth-order valence-corrected chi connectivity index (χ4v) is 6.99. The molecule has 0 atom stereocenters. The van der Waals surface area contributed by atoms with Crippen molar-refractivity contribution in [1.29, 1.82) is 0 Å². The van der Waals surface area contributed by atoms with Crippen LogP contribution in [0.5, 0.6) is 0 Å². The van der Waals surface area contributed by atoms with Gasteiger partial charge in [-0.1, -0.05) is 115 Å². The second kappa shape index (κ2) is 12.3. The lowest BCUT2D eigenvalue weighted by atomic mass is 9.94. The average Bonchev–Trinajstić information content (AvgIpc) is 3.83. The maximum absolute atomic E-state index is 6.16. The summed E-state index contributed by atoms with van der Waals surface area (Å²) in [5, 5.41) is 2.21. The predicted molar refractivity (Wildman–Crippen MR) is 211 cm³/mol. The van der Waals surface area contributed by atoms with Crippen LogP contribution in [-0.4, -0.2) is 19.4 Å². The van der Waals surface area contributed by atoms with Gasteiger partial charge in [0.05, 0.1) is 17.1 Å². The lowest BCUT2D eigenvalue weighted by molar-refractivity contribution is 0.669. The Kier molecular flexibility index (Phi) is 7.07. The zero-order valence-electron chi connectivity index (χ0n) is 28.0. The smallest absolute Gasteiger partial charge is 0.160 e. The minimum atomic E-state index is 0.676. The number of para-hydroxylation sites is 1. The zero-order chi connectivity index (χ0) is 34.4. The van der Waals surface area contributed by atoms with Crippen molar-refractivity contribution in [2.45, 2.75) is 0 Å². The first-order chi connectivity index (χ1) is 25.7. The van der Waals surface area contributed by atoms with Gasteiger partial charge in [-0.05, 0) is 76.9 Å². The van der Waals surface area contributed by atoms with E-state index in [1.807, 2.05) is 59.1 Å². The number of imidazole rings is 1. The molecule has 10 aromatic rings. The largest absolute Gasteiger partial charge is 0.456 e. The van der Waals surface area contributed by atoms with E-state index in [2.05, 4.69) is 128 Å². The molecule has 5 heteroatoms. The van der Waals surface area contributed by atoms with Crippen LogP contribution in [0.2, 0.25) is 0 Å². The fourth-order valence-electron chi connectivity index (χ4n) is 6.99. The van der Waals surface area contributed by atoms with Gasteiger partial charge in [0, 0.05) is 45.4 Å². The molecule has 0 saturated carbocycles. The van der Waals surface area contributed by atoms with Gasteiger partial charge in [0.1, 0.15) is 16.8 Å². The maximum atomic E-state index is 6.16. The summed E-state index contributed by atoms with van der Waals surface area (Å²) in [6.07, 6.45) is 4.08. The van der Waals surface area contributed by atoms with Crippen molar-refractivity contribution in [2.75, 3.05) is 0 Å². The standard InChI is InChI=1S/C47H30N4O/c1-3-11-31(12-4-1)36-25-37(35-22-23-45-40(28-35)39-15-7-8-16-44(39)52-45)27-38(26-36)42-29-41(49-47(50-42)34-13-5-2-6-14-34)32-18-20-33(21-19-32)43-30-51-24-10-9-17-46(51)48-43/h1-30H. The fraction of sp³-hybridized carbons (Fsp3) is 0. The zero-order valence-corrected chi connectivity index (χ0v) is 28.0. The Morgan fingerprint density at radius 2 is 0.962 bits per heavy atom. The summed E-state index contributed by atoms with van der Waals surface area (Å²) in [6.45, 7) is 0. The van der Waals surface area contributed by atoms with Crippen molar-refractivity contribution in [1.82, 2.24) is 19.4 Å². The van der Waals surface area contributed by atoms with E-state index < -0.39 is 0 Å². The molecule has 0 N–H and O–H groups in total. The maximum Gasteiger partial charge on any atom is 0.160 e. The quantitative estimate of drug-likeness (QED) is 0.177. The van der Waals surface area contributed by atoms with Gasteiger partial charge in [-0.2, -0.15) is 0 Å². The van der Waals surface area contributed by atoms with Crippen molar-refractivity contribution in [3.63, 3.8) is 0 Å². The molecule has 4 heterocycles. The molecule has 0 amide bonds. The Bertz CT molecular complexity index is 2860. The van der Waals surface area contributed by atoms with Crippen LogP contribution >= 0.6 is 0 Å². The lowest BCUT2D eigenvalue weighted by Gasteiger charge is -2.13. The van der Waals surface area contributed by atoms with Crippen LogP contribution < -0.4 is 0 Å². The van der Waals surface area contributed by atoms with Crippen molar-refractivity contribution >= 4 is 27.6 Å². The van der Waals surface area contributed by atoms with Crippen LogP contribution in [0.25, 0.3) is 95.0 Å². The number of furan rings is 1. The number of fused-ring (bicyclic) bond motifs is 4. The van der Waals surface area contributed by atoms with Gasteiger partial charge in [-0.3, -0.25) is 0 Å². The SMILES string of the molecule is c1ccc(-c2cc(-c3ccc4oc5ccccc5c4c3)cc(-c3cc(-c4ccc(-c5cn6ccccc6n5)cc4)nc(-c4ccccc4)n3)c2)cc1. The predicted octanol–water partition coefficient (Wildman–Crippen LogP) is 12.0. The molecule has 0 radical (unpaired) electrons. The molecule has 4 aromatic heterocycles. The lowest BCUT2D eigenvalue weighted by Crippen LogP contribution is -1.96. The number of benzene rings is 6. The van der Waals surface area contributed by atoms with Crippen LogP contribution in [-0.2, 0) is 0 Å². The number of rotatable bonds is 6. The molecule has 0 spiro atoms. The van der Waals surface area contributed by atoms with Gasteiger partial charge >= 0.3 is 0 Å². The van der Waals surface area contributed by atoms with E-state index in [0.717, 1.165) is 89.2 Å². The highest BCUT2D eigenvalue weighted by molar-refractivity contribution is 6.06. The molecule has 6 aromatic carbocycles. The molecule has 52 heavy (non-hydrogen) atoms. The highest BCUT2D eigenvalue weighted by Gasteiger charge is 2.15. The summed E-state index contributed by atoms with van der Waals surface area (Å²) < 4.78 is 8.21. The van der Waals surface area contributed by atoms with Crippen LogP contribution in [0, 0.1) is 0 Å². The molecule has 0 fully saturated rings. The molecule has 5 nitrogen and oxygen atoms in total. The van der Waals surface area contributed by atoms with Crippen LogP contribution in [0.15, 0.2) is 187 Å². The summed E-state index contributed by atoms with van der Waals surface area (Å²) >= 11 is 0. The van der Waals surface area contributed by atoms with E-state index in [0.29, 0.717) is 5.82 Å². The van der Waals surface area contributed by atoms with Crippen LogP contribution in [0.1, 0.15) is 0 Å². The summed E-state index contributed by atoms with van der Waals surface area (Å²) in [5.74, 6) is 0.676. The van der Waals surface area contributed by atoms with Gasteiger partial charge in [-0.15, -0.1) is 0 Å². The van der Waals surface area contributed by atoms with E-state index in [-0.39, 0.29) is 0 Å². The van der Waals surface area contributed by atoms with E-state index in [4.69, 9.17) is 19.4 Å². The monoisotopic (exact) mass is 666 g/mol. The minimum absolute atomic E-state index is 0.676. The van der Waals surface area contributed by atoms with Crippen molar-refractivity contribution in [2.24, 2.45) is 0 Å². The first kappa shape index (κ1) is 29.8. The highest BCUT2D eigenvalue weighted by atomic mass is 16.3. The molecule has 0 saturated heterocycles. The van der Waals surface area contributed by atoms with Gasteiger partial charge < -0.3 is 8.82 Å². The van der Waals surface area contributed by atoms with E-state index in [9.17, 15) is 0 Å². The highest BCUT2D eigenvalue weighted by Crippen LogP contribution is 2.37. The van der Waals surface area contributed by atoms with Gasteiger partial charge in [0.25, 0.3) is 0 Å². The number of nitrogens with zero attached hydrogens (tertiary/aromatic N) is 4. The number of hydrogen-bond acceptors (Lipinski definition) is 4. The Balaban J connectivity index is 1.13. The molecule has 244 valence electrons. The second-order valence-corrected chi connectivity index (χ2v) is 13.0. The van der Waals surface area contributed by atoms with Crippen molar-refractivity contribution in [3.8, 4) is 67.4 Å². The molecule has 0 aliphatic heterocycles. The van der Waals surface area contributed by atoms with Crippen LogP contribution in [0.3, 0.4) is 0 Å². The minimum Gasteiger partial charge on any atom is -0.456 e.